The number of nitrogens with zero attached hydrogens (tertiary/aromatic N) is 2. The molecule has 4 nitrogen and oxygen atoms in total. The number of aliphatic hydroxyl groups excluding tert-OH is 1. The number of hydrogen-bond acceptors (Lipinski definition) is 5. The molecule has 0 atom stereocenters. The summed E-state index contributed by atoms with van der Waals surface area (Å²) in [6.45, 7) is 10.5. The smallest absolute Gasteiger partial charge is 0.239 e. The van der Waals surface area contributed by atoms with E-state index >= 15 is 0 Å². The van der Waals surface area contributed by atoms with E-state index in [0.29, 0.717) is 16.8 Å². The van der Waals surface area contributed by atoms with Crippen LogP contribution in [0.1, 0.15) is 106 Å². The zero-order valence-electron chi connectivity index (χ0n) is 22.1. The average Bonchev–Trinajstić information content (AvgIpc) is 3.43. The minimum absolute atomic E-state index is 0.0808. The molecule has 192 valence electrons. The van der Waals surface area contributed by atoms with Crippen molar-refractivity contribution in [2.45, 2.75) is 105 Å². The number of ketones is 1. The van der Waals surface area contributed by atoms with Gasteiger partial charge in [-0.3, -0.25) is 4.79 Å². The maximum atomic E-state index is 13.0. The summed E-state index contributed by atoms with van der Waals surface area (Å²) in [5.41, 5.74) is 1.48. The number of carbonyl (C=O) groups is 1. The number of carbonyl (C=O) groups excluding carboxylic acids is 1. The van der Waals surface area contributed by atoms with E-state index in [0.717, 1.165) is 27.9 Å². The normalized spacial score (nSPS) is 17.6. The van der Waals surface area contributed by atoms with E-state index in [9.17, 15) is 9.90 Å². The summed E-state index contributed by atoms with van der Waals surface area (Å²) in [7, 11) is 0. The molecule has 0 bridgehead atoms. The Kier molecular flexibility index (Phi) is 11.3. The fourth-order valence-electron chi connectivity index (χ4n) is 4.74. The van der Waals surface area contributed by atoms with Crippen molar-refractivity contribution in [3.05, 3.63) is 44.0 Å². The van der Waals surface area contributed by atoms with Crippen LogP contribution >= 0.6 is 23.1 Å². The van der Waals surface area contributed by atoms with Gasteiger partial charge in [-0.15, -0.1) is 11.3 Å². The first-order valence-corrected chi connectivity index (χ1v) is 15.3. The van der Waals surface area contributed by atoms with Crippen LogP contribution < -0.4 is 0 Å². The van der Waals surface area contributed by atoms with E-state index in [4.69, 9.17) is 0 Å². The van der Waals surface area contributed by atoms with Crippen molar-refractivity contribution in [3.8, 4) is 0 Å². The van der Waals surface area contributed by atoms with Crippen molar-refractivity contribution in [1.82, 2.24) is 4.98 Å². The van der Waals surface area contributed by atoms with Gasteiger partial charge in [-0.05, 0) is 44.5 Å². The van der Waals surface area contributed by atoms with E-state index in [1.165, 1.54) is 82.1 Å². The first-order valence-electron chi connectivity index (χ1n) is 13.6. The van der Waals surface area contributed by atoms with Crippen LogP contribution in [-0.2, 0) is 4.79 Å². The molecule has 0 unspecified atom stereocenters. The van der Waals surface area contributed by atoms with Gasteiger partial charge in [-0.1, -0.05) is 65.2 Å². The molecule has 0 aromatic carbocycles. The van der Waals surface area contributed by atoms with Crippen molar-refractivity contribution >= 4 is 39.5 Å². The third kappa shape index (κ3) is 7.42. The number of hydrogen-bond donors (Lipinski definition) is 1. The highest BCUT2D eigenvalue weighted by atomic mass is 32.2. The molecule has 0 amide bonds. The summed E-state index contributed by atoms with van der Waals surface area (Å²) in [5.74, 6) is 0.0258. The fraction of sp³-hybridized carbons (Fsp3) is 0.621. The van der Waals surface area contributed by atoms with E-state index in [-0.39, 0.29) is 11.5 Å². The molecule has 2 aliphatic rings. The highest BCUT2D eigenvalue weighted by Gasteiger charge is 2.40. The van der Waals surface area contributed by atoms with Gasteiger partial charge in [0.25, 0.3) is 0 Å². The Morgan fingerprint density at radius 1 is 0.829 bits per heavy atom. The first kappa shape index (κ1) is 27.9. The number of thioether (sulfide) groups is 1. The minimum atomic E-state index is -0.0808. The molecule has 0 saturated carbocycles. The molecular weight excluding hydrogens is 472 g/mol. The quantitative estimate of drug-likeness (QED) is 0.145. The van der Waals surface area contributed by atoms with Crippen LogP contribution in [0.4, 0.5) is 0 Å². The molecule has 1 N–H and O–H groups in total. The summed E-state index contributed by atoms with van der Waals surface area (Å²) >= 11 is 3.20. The number of thiazole rings is 1. The molecule has 1 aliphatic heterocycles. The number of allylic oxidation sites excluding steroid dienone is 3. The molecule has 1 aliphatic carbocycles. The predicted molar refractivity (Wildman–Crippen MR) is 152 cm³/mol. The third-order valence-corrected chi connectivity index (χ3v) is 8.83. The highest BCUT2D eigenvalue weighted by Crippen LogP contribution is 2.44. The van der Waals surface area contributed by atoms with Crippen LogP contribution in [0.5, 0.6) is 0 Å². The summed E-state index contributed by atoms with van der Waals surface area (Å²) in [6, 6.07) is 0. The summed E-state index contributed by atoms with van der Waals surface area (Å²) in [4.78, 5) is 19.3. The van der Waals surface area contributed by atoms with Gasteiger partial charge < -0.3 is 5.11 Å². The molecule has 6 heteroatoms. The van der Waals surface area contributed by atoms with Gasteiger partial charge in [-0.2, -0.15) is 0 Å². The van der Waals surface area contributed by atoms with E-state index in [1.807, 2.05) is 19.9 Å². The number of aliphatic hydroxyl groups is 1. The van der Waals surface area contributed by atoms with Gasteiger partial charge in [0, 0.05) is 28.7 Å². The van der Waals surface area contributed by atoms with Crippen molar-refractivity contribution in [2.24, 2.45) is 0 Å². The second-order valence-electron chi connectivity index (χ2n) is 9.73. The monoisotopic (exact) mass is 515 g/mol. The number of unbranched alkanes of at least 4 members (excludes halogenated alkanes) is 10. The Morgan fingerprint density at radius 3 is 1.91 bits per heavy atom. The Morgan fingerprint density at radius 2 is 1.40 bits per heavy atom. The van der Waals surface area contributed by atoms with Crippen molar-refractivity contribution in [3.63, 3.8) is 0 Å². The summed E-state index contributed by atoms with van der Waals surface area (Å²) < 4.78 is 2.51. The van der Waals surface area contributed by atoms with E-state index in [1.54, 1.807) is 23.1 Å². The highest BCUT2D eigenvalue weighted by molar-refractivity contribution is 8.18. The second-order valence-corrected chi connectivity index (χ2v) is 12.2. The van der Waals surface area contributed by atoms with Crippen molar-refractivity contribution < 1.29 is 14.5 Å². The van der Waals surface area contributed by atoms with Crippen molar-refractivity contribution in [2.75, 3.05) is 13.1 Å². The number of aryl methyl sites for hydroxylation is 2. The molecule has 0 spiro atoms. The maximum absolute atomic E-state index is 13.0. The summed E-state index contributed by atoms with van der Waals surface area (Å²) in [6.07, 6.45) is 19.7. The Hall–Kier alpha value is -1.66. The van der Waals surface area contributed by atoms with E-state index < -0.39 is 0 Å². The van der Waals surface area contributed by atoms with Crippen LogP contribution in [0.3, 0.4) is 0 Å². The molecule has 35 heavy (non-hydrogen) atoms. The van der Waals surface area contributed by atoms with Gasteiger partial charge >= 0.3 is 0 Å². The Bertz CT molecular complexity index is 996. The predicted octanol–water partition coefficient (Wildman–Crippen LogP) is 8.30. The molecule has 1 aromatic rings. The largest absolute Gasteiger partial charge is 0.506 e. The van der Waals surface area contributed by atoms with Crippen molar-refractivity contribution in [1.29, 1.82) is 0 Å². The van der Waals surface area contributed by atoms with Crippen LogP contribution in [0.25, 0.3) is 5.57 Å². The lowest BCUT2D eigenvalue weighted by atomic mass is 9.85. The lowest BCUT2D eigenvalue weighted by Crippen LogP contribution is -2.23. The summed E-state index contributed by atoms with van der Waals surface area (Å²) in [5, 5.41) is 12.9. The van der Waals surface area contributed by atoms with Gasteiger partial charge in [0.1, 0.15) is 18.8 Å². The molecular formula is C29H43N2O2S2+. The molecule has 0 saturated heterocycles. The average molecular weight is 516 g/mol. The fourth-order valence-corrected chi connectivity index (χ4v) is 6.67. The van der Waals surface area contributed by atoms with Gasteiger partial charge in [0.15, 0.2) is 0 Å². The zero-order valence-corrected chi connectivity index (χ0v) is 23.8. The van der Waals surface area contributed by atoms with Gasteiger partial charge in [0.2, 0.25) is 10.8 Å². The molecule has 0 radical (unpaired) electrons. The van der Waals surface area contributed by atoms with Crippen LogP contribution in [0, 0.1) is 13.8 Å². The number of aromatic nitrogens is 1. The minimum Gasteiger partial charge on any atom is -0.506 e. The van der Waals surface area contributed by atoms with Gasteiger partial charge in [0.05, 0.1) is 21.8 Å². The Balaban J connectivity index is 1.69. The van der Waals surface area contributed by atoms with Crippen LogP contribution in [0.15, 0.2) is 28.4 Å². The maximum Gasteiger partial charge on any atom is 0.239 e. The zero-order chi connectivity index (χ0) is 25.2. The topological polar surface area (TPSA) is 53.2 Å². The third-order valence-electron chi connectivity index (χ3n) is 6.78. The van der Waals surface area contributed by atoms with Crippen LogP contribution in [0.2, 0.25) is 0 Å². The molecule has 2 heterocycles. The number of rotatable bonds is 15. The first-order chi connectivity index (χ1) is 17.0. The Labute approximate surface area is 220 Å². The lowest BCUT2D eigenvalue weighted by Gasteiger charge is -2.21. The van der Waals surface area contributed by atoms with E-state index in [2.05, 4.69) is 29.5 Å². The number of Topliss-reactive ketones (excluding diaryl/α,β-unsaturated/α-hetero) is 1. The molecule has 0 fully saturated rings. The molecule has 3 rings (SSSR count). The second kappa shape index (κ2) is 14.2. The lowest BCUT2D eigenvalue weighted by molar-refractivity contribution is -0.525. The van der Waals surface area contributed by atoms with Gasteiger partial charge in [-0.25, -0.2) is 9.56 Å². The molecule has 1 aromatic heterocycles. The SMILES string of the molecule is CCCCCCCC[N+](CCCCCCCC)=C1C=C/C(=C2/C(=O)C(c3nc(C)sc3C)=C2O)S1. The standard InChI is InChI=1S/C29H42N2O2S2/c1-5-7-9-11-13-15-19-31(20-16-14-12-10-8-6-2)24-18-17-23(35-24)25-28(32)26(29(25)33)27-21(3)34-22(4)30-27/h17-18H,5-16,19-20H2,1-4H3/p+1. The van der Waals surface area contributed by atoms with Crippen LogP contribution in [-0.4, -0.2) is 38.6 Å².